The number of hydrogen-bond donors (Lipinski definition) is 1. The van der Waals surface area contributed by atoms with Crippen molar-refractivity contribution in [1.82, 2.24) is 5.32 Å². The highest BCUT2D eigenvalue weighted by atomic mass is 14.9. The van der Waals surface area contributed by atoms with Gasteiger partial charge in [-0.1, -0.05) is 7.43 Å². The van der Waals surface area contributed by atoms with E-state index in [1.165, 1.54) is 12.8 Å². The fraction of sp³-hybridized carbons (Fsp3) is 1.00. The molecule has 0 unspecified atom stereocenters. The molecule has 0 aliphatic heterocycles. The van der Waals surface area contributed by atoms with Crippen molar-refractivity contribution in [3.63, 3.8) is 0 Å². The zero-order valence-corrected chi connectivity index (χ0v) is 3.49. The molecule has 1 aliphatic rings. The molecule has 0 amide bonds. The molecule has 0 heterocycles. The van der Waals surface area contributed by atoms with Crippen molar-refractivity contribution >= 4 is 0 Å². The van der Waals surface area contributed by atoms with Gasteiger partial charge in [-0.2, -0.15) is 0 Å². The number of rotatable bonds is 1. The van der Waals surface area contributed by atoms with Crippen LogP contribution in [0.25, 0.3) is 0 Å². The fourth-order valence-electron chi connectivity index (χ4n) is 0.372. The first kappa shape index (κ1) is 5.96. The lowest BCUT2D eigenvalue weighted by molar-refractivity contribution is 0.811. The second-order valence-corrected chi connectivity index (χ2v) is 1.56. The van der Waals surface area contributed by atoms with E-state index in [0.29, 0.717) is 0 Å². The maximum absolute atomic E-state index is 3.14. The summed E-state index contributed by atoms with van der Waals surface area (Å²) in [5.41, 5.74) is 0. The predicted molar refractivity (Wildman–Crippen MR) is 28.8 cm³/mol. The Hall–Kier alpha value is -0.0400. The summed E-state index contributed by atoms with van der Waals surface area (Å²) in [6, 6.07) is 0.884. The first-order valence-electron chi connectivity index (χ1n) is 2.11. The Bertz CT molecular complexity index is 30.9. The van der Waals surface area contributed by atoms with Gasteiger partial charge in [0.05, 0.1) is 0 Å². The van der Waals surface area contributed by atoms with Crippen molar-refractivity contribution in [3.05, 3.63) is 0 Å². The lowest BCUT2D eigenvalue weighted by Gasteiger charge is -1.80. The Morgan fingerprint density at radius 2 is 2.00 bits per heavy atom. The van der Waals surface area contributed by atoms with Crippen LogP contribution < -0.4 is 5.32 Å². The van der Waals surface area contributed by atoms with Gasteiger partial charge in [-0.05, 0) is 19.9 Å². The molecule has 0 atom stereocenters. The molecule has 0 bridgehead atoms. The minimum Gasteiger partial charge on any atom is -0.317 e. The summed E-state index contributed by atoms with van der Waals surface area (Å²) in [5.74, 6) is 0. The molecule has 1 nitrogen and oxygen atoms in total. The molecule has 38 valence electrons. The smallest absolute Gasteiger partial charge is 0.00652 e. The summed E-state index contributed by atoms with van der Waals surface area (Å²) in [4.78, 5) is 0. The predicted octanol–water partition coefficient (Wildman–Crippen LogP) is 1.00. The van der Waals surface area contributed by atoms with Gasteiger partial charge in [0, 0.05) is 6.04 Å². The Morgan fingerprint density at radius 1 is 1.50 bits per heavy atom. The lowest BCUT2D eigenvalue weighted by Crippen LogP contribution is -2.06. The molecular weight excluding hydrogens is 74.1 g/mol. The molecule has 1 rings (SSSR count). The van der Waals surface area contributed by atoms with Gasteiger partial charge in [0.1, 0.15) is 0 Å². The van der Waals surface area contributed by atoms with Crippen molar-refractivity contribution in [3.8, 4) is 0 Å². The van der Waals surface area contributed by atoms with Crippen molar-refractivity contribution in [2.24, 2.45) is 0 Å². The molecule has 1 aliphatic carbocycles. The van der Waals surface area contributed by atoms with Gasteiger partial charge in [-0.15, -0.1) is 0 Å². The van der Waals surface area contributed by atoms with E-state index >= 15 is 0 Å². The average molecular weight is 87.2 g/mol. The number of nitrogens with one attached hydrogen (secondary N) is 1. The third kappa shape index (κ3) is 1.41. The zero-order chi connectivity index (χ0) is 3.70. The second-order valence-electron chi connectivity index (χ2n) is 1.56. The van der Waals surface area contributed by atoms with Crippen LogP contribution in [0.2, 0.25) is 0 Å². The van der Waals surface area contributed by atoms with E-state index in [9.17, 15) is 0 Å². The highest BCUT2D eigenvalue weighted by Crippen LogP contribution is 2.16. The molecule has 0 saturated heterocycles. The molecule has 0 aromatic rings. The first-order chi connectivity index (χ1) is 2.43. The molecule has 6 heavy (non-hydrogen) atoms. The topological polar surface area (TPSA) is 12.0 Å². The van der Waals surface area contributed by atoms with Crippen LogP contribution in [0.3, 0.4) is 0 Å². The van der Waals surface area contributed by atoms with Gasteiger partial charge >= 0.3 is 0 Å². The molecule has 0 spiro atoms. The summed E-state index contributed by atoms with van der Waals surface area (Å²) in [6.07, 6.45) is 2.80. The van der Waals surface area contributed by atoms with E-state index < -0.39 is 0 Å². The third-order valence-electron chi connectivity index (χ3n) is 0.986. The van der Waals surface area contributed by atoms with Crippen LogP contribution in [0, 0.1) is 0 Å². The van der Waals surface area contributed by atoms with Crippen molar-refractivity contribution in [1.29, 1.82) is 0 Å². The van der Waals surface area contributed by atoms with E-state index in [2.05, 4.69) is 5.32 Å². The summed E-state index contributed by atoms with van der Waals surface area (Å²) >= 11 is 0. The van der Waals surface area contributed by atoms with Crippen LogP contribution in [0.1, 0.15) is 20.3 Å². The first-order valence-corrected chi connectivity index (χ1v) is 2.11. The van der Waals surface area contributed by atoms with Gasteiger partial charge in [0.25, 0.3) is 0 Å². The Kier molecular flexibility index (Phi) is 2.18. The molecule has 1 heteroatoms. The maximum Gasteiger partial charge on any atom is 0.00652 e. The molecule has 0 aromatic carbocycles. The second kappa shape index (κ2) is 2.19. The van der Waals surface area contributed by atoms with Crippen molar-refractivity contribution in [2.75, 3.05) is 7.05 Å². The highest BCUT2D eigenvalue weighted by Gasteiger charge is 2.17. The van der Waals surface area contributed by atoms with E-state index in [1.54, 1.807) is 0 Å². The minimum atomic E-state index is 0. The standard InChI is InChI=1S/C4H9N.CH4/c1-5-4-2-3-4;/h4-5H,2-3H2,1H3;1H4. The van der Waals surface area contributed by atoms with Crippen LogP contribution in [0.4, 0.5) is 0 Å². The largest absolute Gasteiger partial charge is 0.317 e. The zero-order valence-electron chi connectivity index (χ0n) is 3.49. The SMILES string of the molecule is C.CNC1CC1. The van der Waals surface area contributed by atoms with E-state index in [-0.39, 0.29) is 7.43 Å². The van der Waals surface area contributed by atoms with E-state index in [1.807, 2.05) is 7.05 Å². The van der Waals surface area contributed by atoms with Crippen LogP contribution in [-0.2, 0) is 0 Å². The van der Waals surface area contributed by atoms with Gasteiger partial charge in [-0.25, -0.2) is 0 Å². The summed E-state index contributed by atoms with van der Waals surface area (Å²) in [6.45, 7) is 0. The van der Waals surface area contributed by atoms with Crippen LogP contribution in [-0.4, -0.2) is 13.1 Å². The average Bonchev–Trinajstić information content (AvgIpc) is 2.12. The molecular formula is C5H13N. The maximum atomic E-state index is 3.14. The molecule has 1 saturated carbocycles. The quantitative estimate of drug-likeness (QED) is 0.503. The van der Waals surface area contributed by atoms with Crippen LogP contribution in [0.5, 0.6) is 0 Å². The van der Waals surface area contributed by atoms with Gasteiger partial charge in [0.15, 0.2) is 0 Å². The Labute approximate surface area is 39.7 Å². The van der Waals surface area contributed by atoms with Gasteiger partial charge in [0.2, 0.25) is 0 Å². The molecule has 1 N–H and O–H groups in total. The minimum absolute atomic E-state index is 0. The van der Waals surface area contributed by atoms with Crippen molar-refractivity contribution < 1.29 is 0 Å². The molecule has 1 fully saturated rings. The van der Waals surface area contributed by atoms with Crippen molar-refractivity contribution in [2.45, 2.75) is 26.3 Å². The fourth-order valence-corrected chi connectivity index (χ4v) is 0.372. The van der Waals surface area contributed by atoms with Crippen LogP contribution in [0.15, 0.2) is 0 Å². The summed E-state index contributed by atoms with van der Waals surface area (Å²) in [5, 5.41) is 3.14. The van der Waals surface area contributed by atoms with E-state index in [4.69, 9.17) is 0 Å². The van der Waals surface area contributed by atoms with Crippen LogP contribution >= 0.6 is 0 Å². The normalized spacial score (nSPS) is 19.5. The number of hydrogen-bond acceptors (Lipinski definition) is 1. The van der Waals surface area contributed by atoms with Gasteiger partial charge < -0.3 is 5.32 Å². The monoisotopic (exact) mass is 87.1 g/mol. The lowest BCUT2D eigenvalue weighted by atomic mass is 10.7. The Balaban J connectivity index is 0.000000250. The van der Waals surface area contributed by atoms with E-state index in [0.717, 1.165) is 6.04 Å². The van der Waals surface area contributed by atoms with Gasteiger partial charge in [-0.3, -0.25) is 0 Å². The summed E-state index contributed by atoms with van der Waals surface area (Å²) in [7, 11) is 2.01. The molecule has 0 radical (unpaired) electrons. The molecule has 0 aromatic heterocycles. The highest BCUT2D eigenvalue weighted by molar-refractivity contribution is 4.78. The Morgan fingerprint density at radius 3 is 2.00 bits per heavy atom. The summed E-state index contributed by atoms with van der Waals surface area (Å²) < 4.78 is 0. The third-order valence-corrected chi connectivity index (χ3v) is 0.986.